The van der Waals surface area contributed by atoms with Crippen LogP contribution in [0.3, 0.4) is 0 Å². The Morgan fingerprint density at radius 3 is 2.70 bits per heavy atom. The highest BCUT2D eigenvalue weighted by atomic mass is 16.6. The summed E-state index contributed by atoms with van der Waals surface area (Å²) in [6.45, 7) is 3.16. The molecule has 0 aliphatic carbocycles. The molecular weight excluding hydrogens is 346 g/mol. The Labute approximate surface area is 157 Å². The zero-order chi connectivity index (χ0) is 18.8. The Morgan fingerprint density at radius 1 is 1.07 bits per heavy atom. The van der Waals surface area contributed by atoms with Gasteiger partial charge in [-0.15, -0.1) is 0 Å². The topological polar surface area (TPSA) is 65.1 Å². The summed E-state index contributed by atoms with van der Waals surface area (Å²) in [6, 6.07) is 12.7. The van der Waals surface area contributed by atoms with E-state index in [1.807, 2.05) is 24.3 Å². The van der Waals surface area contributed by atoms with Crippen LogP contribution in [0.5, 0.6) is 11.5 Å². The van der Waals surface area contributed by atoms with Crippen molar-refractivity contribution >= 4 is 17.6 Å². The highest BCUT2D eigenvalue weighted by molar-refractivity contribution is 6.00. The van der Waals surface area contributed by atoms with Crippen molar-refractivity contribution in [3.63, 3.8) is 0 Å². The summed E-state index contributed by atoms with van der Waals surface area (Å²) in [5.41, 5.74) is 2.37. The number of aryl methyl sites for hydroxylation is 1. The standard InChI is InChI=1S/C21H21NO5/c1-14(20(23)22-10-4-6-15-5-2-3-7-17(15)22)27-21(24)16-8-9-18-19(13-16)26-12-11-25-18/h2-3,5,7-9,13-14H,4,6,10-12H2,1H3. The van der Waals surface area contributed by atoms with Crippen LogP contribution in [0, 0.1) is 0 Å². The van der Waals surface area contributed by atoms with Crippen LogP contribution in [0.25, 0.3) is 0 Å². The van der Waals surface area contributed by atoms with Gasteiger partial charge in [0, 0.05) is 12.2 Å². The molecule has 2 aromatic carbocycles. The molecule has 1 amide bonds. The molecule has 2 aromatic rings. The molecule has 140 valence electrons. The molecule has 1 unspecified atom stereocenters. The van der Waals surface area contributed by atoms with Crippen molar-refractivity contribution < 1.29 is 23.8 Å². The summed E-state index contributed by atoms with van der Waals surface area (Å²) in [6.07, 6.45) is 0.966. The van der Waals surface area contributed by atoms with E-state index in [4.69, 9.17) is 14.2 Å². The average molecular weight is 367 g/mol. The van der Waals surface area contributed by atoms with Gasteiger partial charge in [0.25, 0.3) is 5.91 Å². The number of ether oxygens (including phenoxy) is 3. The van der Waals surface area contributed by atoms with E-state index in [2.05, 4.69) is 0 Å². The van der Waals surface area contributed by atoms with E-state index in [9.17, 15) is 9.59 Å². The number of amides is 1. The van der Waals surface area contributed by atoms with Gasteiger partial charge in [-0.25, -0.2) is 4.79 Å². The van der Waals surface area contributed by atoms with Crippen LogP contribution in [0.1, 0.15) is 29.3 Å². The number of hydrogen-bond donors (Lipinski definition) is 0. The number of nitrogens with zero attached hydrogens (tertiary/aromatic N) is 1. The SMILES string of the molecule is CC(OC(=O)c1ccc2c(c1)OCCO2)C(=O)N1CCCc2ccccc21. The predicted octanol–water partition coefficient (Wildman–Crippen LogP) is 2.98. The molecule has 1 atom stereocenters. The lowest BCUT2D eigenvalue weighted by molar-refractivity contribution is -0.126. The number of fused-ring (bicyclic) bond motifs is 2. The fraction of sp³-hybridized carbons (Fsp3) is 0.333. The minimum atomic E-state index is -0.878. The Balaban J connectivity index is 1.47. The van der Waals surface area contributed by atoms with E-state index < -0.39 is 12.1 Å². The maximum Gasteiger partial charge on any atom is 0.339 e. The molecule has 6 nitrogen and oxygen atoms in total. The van der Waals surface area contributed by atoms with Crippen LogP contribution < -0.4 is 14.4 Å². The molecule has 0 aromatic heterocycles. The fourth-order valence-corrected chi connectivity index (χ4v) is 3.43. The third-order valence-corrected chi connectivity index (χ3v) is 4.79. The van der Waals surface area contributed by atoms with Crippen molar-refractivity contribution in [2.75, 3.05) is 24.7 Å². The predicted molar refractivity (Wildman–Crippen MR) is 99.4 cm³/mol. The van der Waals surface area contributed by atoms with E-state index in [0.717, 1.165) is 24.1 Å². The maximum atomic E-state index is 12.9. The molecule has 0 fully saturated rings. The summed E-state index contributed by atoms with van der Waals surface area (Å²) in [7, 11) is 0. The summed E-state index contributed by atoms with van der Waals surface area (Å²) in [5.74, 6) is 0.345. The van der Waals surface area contributed by atoms with Crippen molar-refractivity contribution in [3.8, 4) is 11.5 Å². The number of para-hydroxylation sites is 1. The molecular formula is C21H21NO5. The second-order valence-electron chi connectivity index (χ2n) is 6.63. The van der Waals surface area contributed by atoms with Crippen LogP contribution in [0.15, 0.2) is 42.5 Å². The van der Waals surface area contributed by atoms with Crippen molar-refractivity contribution in [2.24, 2.45) is 0 Å². The van der Waals surface area contributed by atoms with E-state index >= 15 is 0 Å². The number of carbonyl (C=O) groups excluding carboxylic acids is 2. The van der Waals surface area contributed by atoms with Gasteiger partial charge < -0.3 is 19.1 Å². The number of carbonyl (C=O) groups is 2. The van der Waals surface area contributed by atoms with E-state index in [0.29, 0.717) is 36.8 Å². The quantitative estimate of drug-likeness (QED) is 0.781. The molecule has 2 aliphatic rings. The molecule has 0 bridgehead atoms. The van der Waals surface area contributed by atoms with Crippen LogP contribution in [-0.2, 0) is 16.0 Å². The molecule has 4 rings (SSSR count). The first kappa shape index (κ1) is 17.4. The Bertz CT molecular complexity index is 879. The van der Waals surface area contributed by atoms with Crippen molar-refractivity contribution in [3.05, 3.63) is 53.6 Å². The highest BCUT2D eigenvalue weighted by Crippen LogP contribution is 2.31. The first-order chi connectivity index (χ1) is 13.1. The molecule has 2 aliphatic heterocycles. The monoisotopic (exact) mass is 367 g/mol. The molecule has 0 spiro atoms. The van der Waals surface area contributed by atoms with Crippen LogP contribution in [0.4, 0.5) is 5.69 Å². The Kier molecular flexibility index (Phi) is 4.71. The van der Waals surface area contributed by atoms with Gasteiger partial charge >= 0.3 is 5.97 Å². The summed E-state index contributed by atoms with van der Waals surface area (Å²) >= 11 is 0. The molecule has 0 N–H and O–H groups in total. The van der Waals surface area contributed by atoms with Crippen LogP contribution in [-0.4, -0.2) is 37.7 Å². The van der Waals surface area contributed by atoms with Gasteiger partial charge in [0.1, 0.15) is 13.2 Å². The summed E-state index contributed by atoms with van der Waals surface area (Å²) in [4.78, 5) is 27.1. The van der Waals surface area contributed by atoms with Gasteiger partial charge in [0.2, 0.25) is 0 Å². The van der Waals surface area contributed by atoms with Gasteiger partial charge in [0.15, 0.2) is 17.6 Å². The number of esters is 1. The third kappa shape index (κ3) is 3.47. The molecule has 0 saturated carbocycles. The largest absolute Gasteiger partial charge is 0.486 e. The summed E-state index contributed by atoms with van der Waals surface area (Å²) < 4.78 is 16.4. The lowest BCUT2D eigenvalue weighted by Crippen LogP contribution is -2.42. The fourth-order valence-electron chi connectivity index (χ4n) is 3.43. The highest BCUT2D eigenvalue weighted by Gasteiger charge is 2.29. The lowest BCUT2D eigenvalue weighted by atomic mass is 10.0. The molecule has 2 heterocycles. The minimum absolute atomic E-state index is 0.215. The van der Waals surface area contributed by atoms with Crippen LogP contribution in [0.2, 0.25) is 0 Å². The van der Waals surface area contributed by atoms with Crippen LogP contribution >= 0.6 is 0 Å². The average Bonchev–Trinajstić information content (AvgIpc) is 2.72. The zero-order valence-corrected chi connectivity index (χ0v) is 15.1. The Morgan fingerprint density at radius 2 is 1.85 bits per heavy atom. The molecule has 0 saturated heterocycles. The first-order valence-corrected chi connectivity index (χ1v) is 9.13. The number of hydrogen-bond acceptors (Lipinski definition) is 5. The summed E-state index contributed by atoms with van der Waals surface area (Å²) in [5, 5.41) is 0. The van der Waals surface area contributed by atoms with Gasteiger partial charge in [-0.3, -0.25) is 4.79 Å². The third-order valence-electron chi connectivity index (χ3n) is 4.79. The minimum Gasteiger partial charge on any atom is -0.486 e. The molecule has 27 heavy (non-hydrogen) atoms. The number of anilines is 1. The molecule has 0 radical (unpaired) electrons. The molecule has 6 heteroatoms. The van der Waals surface area contributed by atoms with Gasteiger partial charge in [0.05, 0.1) is 5.56 Å². The second-order valence-corrected chi connectivity index (χ2v) is 6.63. The van der Waals surface area contributed by atoms with E-state index in [1.165, 1.54) is 0 Å². The zero-order valence-electron chi connectivity index (χ0n) is 15.1. The normalized spacial score (nSPS) is 16.3. The van der Waals surface area contributed by atoms with Gasteiger partial charge in [-0.2, -0.15) is 0 Å². The van der Waals surface area contributed by atoms with Crippen molar-refractivity contribution in [1.82, 2.24) is 0 Å². The van der Waals surface area contributed by atoms with Gasteiger partial charge in [-0.1, -0.05) is 18.2 Å². The Hall–Kier alpha value is -3.02. The van der Waals surface area contributed by atoms with E-state index in [1.54, 1.807) is 30.0 Å². The maximum absolute atomic E-state index is 12.9. The first-order valence-electron chi connectivity index (χ1n) is 9.13. The smallest absolute Gasteiger partial charge is 0.339 e. The van der Waals surface area contributed by atoms with Crippen molar-refractivity contribution in [1.29, 1.82) is 0 Å². The second kappa shape index (κ2) is 7.31. The van der Waals surface area contributed by atoms with Crippen molar-refractivity contribution in [2.45, 2.75) is 25.9 Å². The lowest BCUT2D eigenvalue weighted by Gasteiger charge is -2.31. The number of benzene rings is 2. The number of rotatable bonds is 3. The van der Waals surface area contributed by atoms with E-state index in [-0.39, 0.29) is 5.91 Å². The van der Waals surface area contributed by atoms with Gasteiger partial charge in [-0.05, 0) is 49.6 Å².